The van der Waals surface area contributed by atoms with Crippen LogP contribution in [-0.2, 0) is 0 Å². The van der Waals surface area contributed by atoms with E-state index in [0.29, 0.717) is 0 Å². The van der Waals surface area contributed by atoms with Gasteiger partial charge in [0.15, 0.2) is 0 Å². The average Bonchev–Trinajstić information content (AvgIpc) is 2.73. The Kier molecular flexibility index (Phi) is 4.22. The predicted octanol–water partition coefficient (Wildman–Crippen LogP) is 2.45. The molecule has 1 fully saturated rings. The van der Waals surface area contributed by atoms with Gasteiger partial charge in [-0.15, -0.1) is 0 Å². The quantitative estimate of drug-likeness (QED) is 0.914. The molecule has 0 amide bonds. The highest BCUT2D eigenvalue weighted by Crippen LogP contribution is 2.24. The topological polar surface area (TPSA) is 41.1 Å². The van der Waals surface area contributed by atoms with E-state index < -0.39 is 0 Å². The van der Waals surface area contributed by atoms with Gasteiger partial charge in [0.1, 0.15) is 5.82 Å². The largest absolute Gasteiger partial charge is 0.347 e. The zero-order chi connectivity index (χ0) is 13.2. The second kappa shape index (κ2) is 5.53. The molecule has 2 rings (SSSR count). The van der Waals surface area contributed by atoms with E-state index in [1.165, 1.54) is 24.4 Å². The van der Waals surface area contributed by atoms with Crippen molar-refractivity contribution >= 4 is 16.7 Å². The fourth-order valence-electron chi connectivity index (χ4n) is 2.27. The molecule has 2 heterocycles. The molecule has 1 N–H and O–H groups in total. The van der Waals surface area contributed by atoms with Gasteiger partial charge in [-0.3, -0.25) is 0 Å². The van der Waals surface area contributed by atoms with Gasteiger partial charge in [-0.2, -0.15) is 4.37 Å². The van der Waals surface area contributed by atoms with E-state index in [0.717, 1.165) is 36.5 Å². The average molecular weight is 268 g/mol. The van der Waals surface area contributed by atoms with Gasteiger partial charge in [-0.1, -0.05) is 0 Å². The van der Waals surface area contributed by atoms with Gasteiger partial charge in [0.2, 0.25) is 5.13 Å². The first-order valence-corrected chi connectivity index (χ1v) is 7.52. The number of nitrogens with one attached hydrogen (secondary N) is 1. The van der Waals surface area contributed by atoms with Crippen molar-refractivity contribution in [1.82, 2.24) is 14.7 Å². The molecule has 1 aliphatic heterocycles. The molecule has 0 radical (unpaired) electrons. The van der Waals surface area contributed by atoms with Crippen molar-refractivity contribution in [2.75, 3.05) is 24.5 Å². The van der Waals surface area contributed by atoms with Crippen LogP contribution in [0.5, 0.6) is 0 Å². The zero-order valence-corrected chi connectivity index (χ0v) is 12.7. The number of hydrogen-bond donors (Lipinski definition) is 1. The Hall–Kier alpha value is -0.680. The van der Waals surface area contributed by atoms with E-state index in [1.807, 2.05) is 6.92 Å². The maximum atomic E-state index is 4.49. The molecule has 1 atom stereocenters. The Morgan fingerprint density at radius 3 is 2.83 bits per heavy atom. The van der Waals surface area contributed by atoms with E-state index in [4.69, 9.17) is 0 Å². The minimum absolute atomic E-state index is 0.210. The maximum absolute atomic E-state index is 4.49. The molecule has 0 saturated carbocycles. The fraction of sp³-hybridized carbons (Fsp3) is 0.846. The first-order chi connectivity index (χ1) is 8.44. The Morgan fingerprint density at radius 1 is 1.44 bits per heavy atom. The highest BCUT2D eigenvalue weighted by atomic mass is 32.1. The van der Waals surface area contributed by atoms with Crippen LogP contribution in [0, 0.1) is 12.8 Å². The number of piperidine rings is 1. The summed E-state index contributed by atoms with van der Waals surface area (Å²) in [5.41, 5.74) is 0.210. The second-order valence-corrected chi connectivity index (χ2v) is 6.94. The summed E-state index contributed by atoms with van der Waals surface area (Å²) >= 11 is 1.53. The molecule has 102 valence electrons. The van der Waals surface area contributed by atoms with Crippen LogP contribution in [0.3, 0.4) is 0 Å². The normalized spacial score (nSPS) is 21.3. The van der Waals surface area contributed by atoms with Crippen LogP contribution in [0.25, 0.3) is 0 Å². The Morgan fingerprint density at radius 2 is 2.22 bits per heavy atom. The Bertz CT molecular complexity index is 383. The lowest BCUT2D eigenvalue weighted by Gasteiger charge is -2.34. The molecular formula is C13H24N4S. The first-order valence-electron chi connectivity index (χ1n) is 6.74. The number of anilines is 1. The van der Waals surface area contributed by atoms with Crippen molar-refractivity contribution in [2.45, 2.75) is 46.1 Å². The molecule has 1 aliphatic rings. The van der Waals surface area contributed by atoms with Gasteiger partial charge in [-0.25, -0.2) is 4.98 Å². The van der Waals surface area contributed by atoms with Crippen LogP contribution < -0.4 is 10.2 Å². The van der Waals surface area contributed by atoms with E-state index in [9.17, 15) is 0 Å². The molecule has 0 bridgehead atoms. The summed E-state index contributed by atoms with van der Waals surface area (Å²) in [4.78, 5) is 6.88. The Labute approximate surface area is 114 Å². The van der Waals surface area contributed by atoms with Crippen molar-refractivity contribution in [1.29, 1.82) is 0 Å². The molecule has 1 aromatic heterocycles. The van der Waals surface area contributed by atoms with E-state index in [2.05, 4.69) is 40.3 Å². The molecule has 0 spiro atoms. The fourth-order valence-corrected chi connectivity index (χ4v) is 2.98. The van der Waals surface area contributed by atoms with Gasteiger partial charge in [0.05, 0.1) is 0 Å². The van der Waals surface area contributed by atoms with Crippen LogP contribution in [0.1, 0.15) is 39.4 Å². The van der Waals surface area contributed by atoms with Gasteiger partial charge in [0, 0.05) is 36.7 Å². The number of rotatable bonds is 3. The number of aromatic nitrogens is 2. The van der Waals surface area contributed by atoms with Gasteiger partial charge >= 0.3 is 0 Å². The number of hydrogen-bond acceptors (Lipinski definition) is 5. The SMILES string of the molecule is Cc1nsc(N2CCCC(CNC(C)(C)C)C2)n1. The summed E-state index contributed by atoms with van der Waals surface area (Å²) in [6.45, 7) is 12.0. The summed E-state index contributed by atoms with van der Waals surface area (Å²) in [6, 6.07) is 0. The van der Waals surface area contributed by atoms with Gasteiger partial charge in [0.25, 0.3) is 0 Å². The van der Waals surface area contributed by atoms with Crippen LogP contribution >= 0.6 is 11.5 Å². The molecule has 18 heavy (non-hydrogen) atoms. The smallest absolute Gasteiger partial charge is 0.205 e. The van der Waals surface area contributed by atoms with Crippen LogP contribution in [0.15, 0.2) is 0 Å². The standard InChI is InChI=1S/C13H24N4S/c1-10-15-12(18-16-10)17-7-5-6-11(9-17)8-14-13(2,3)4/h11,14H,5-9H2,1-4H3. The minimum atomic E-state index is 0.210. The summed E-state index contributed by atoms with van der Waals surface area (Å²) < 4.78 is 4.28. The first kappa shape index (κ1) is 13.7. The molecule has 4 nitrogen and oxygen atoms in total. The third kappa shape index (κ3) is 3.92. The molecule has 1 aromatic rings. The van der Waals surface area contributed by atoms with Crippen molar-refractivity contribution < 1.29 is 0 Å². The molecule has 0 aliphatic carbocycles. The van der Waals surface area contributed by atoms with Crippen LogP contribution in [0.2, 0.25) is 0 Å². The monoisotopic (exact) mass is 268 g/mol. The lowest BCUT2D eigenvalue weighted by atomic mass is 9.97. The maximum Gasteiger partial charge on any atom is 0.205 e. The van der Waals surface area contributed by atoms with E-state index in [-0.39, 0.29) is 5.54 Å². The van der Waals surface area contributed by atoms with Crippen molar-refractivity contribution in [3.63, 3.8) is 0 Å². The summed E-state index contributed by atoms with van der Waals surface area (Å²) in [5, 5.41) is 4.70. The summed E-state index contributed by atoms with van der Waals surface area (Å²) in [5.74, 6) is 1.62. The van der Waals surface area contributed by atoms with Crippen molar-refractivity contribution in [2.24, 2.45) is 5.92 Å². The third-order valence-electron chi connectivity index (χ3n) is 3.23. The molecule has 1 saturated heterocycles. The lowest BCUT2D eigenvalue weighted by Crippen LogP contribution is -2.44. The van der Waals surface area contributed by atoms with E-state index in [1.54, 1.807) is 0 Å². The predicted molar refractivity (Wildman–Crippen MR) is 77.3 cm³/mol. The third-order valence-corrected chi connectivity index (χ3v) is 4.10. The van der Waals surface area contributed by atoms with Crippen molar-refractivity contribution in [3.8, 4) is 0 Å². The van der Waals surface area contributed by atoms with Gasteiger partial charge in [-0.05, 0) is 46.5 Å². The highest BCUT2D eigenvalue weighted by molar-refractivity contribution is 7.09. The Balaban J connectivity index is 1.88. The van der Waals surface area contributed by atoms with Crippen molar-refractivity contribution in [3.05, 3.63) is 5.82 Å². The van der Waals surface area contributed by atoms with Gasteiger partial charge < -0.3 is 10.2 Å². The zero-order valence-electron chi connectivity index (χ0n) is 11.9. The van der Waals surface area contributed by atoms with Crippen LogP contribution in [-0.4, -0.2) is 34.5 Å². The lowest BCUT2D eigenvalue weighted by molar-refractivity contribution is 0.335. The molecule has 5 heteroatoms. The molecular weight excluding hydrogens is 244 g/mol. The summed E-state index contributed by atoms with van der Waals surface area (Å²) in [6.07, 6.45) is 2.58. The number of nitrogens with zero attached hydrogens (tertiary/aromatic N) is 3. The number of aryl methyl sites for hydroxylation is 1. The second-order valence-electron chi connectivity index (χ2n) is 6.21. The minimum Gasteiger partial charge on any atom is -0.347 e. The summed E-state index contributed by atoms with van der Waals surface area (Å²) in [7, 11) is 0. The highest BCUT2D eigenvalue weighted by Gasteiger charge is 2.23. The molecule has 1 unspecified atom stereocenters. The molecule has 0 aromatic carbocycles. The van der Waals surface area contributed by atoms with E-state index >= 15 is 0 Å². The van der Waals surface area contributed by atoms with Crippen LogP contribution in [0.4, 0.5) is 5.13 Å².